The second-order valence-corrected chi connectivity index (χ2v) is 9.63. The molecule has 1 N–H and O–H groups in total. The van der Waals surface area contributed by atoms with E-state index in [-0.39, 0.29) is 11.4 Å². The van der Waals surface area contributed by atoms with Gasteiger partial charge in [0.1, 0.15) is 5.75 Å². The van der Waals surface area contributed by atoms with Crippen molar-refractivity contribution in [2.75, 3.05) is 26.8 Å². The molecule has 0 radical (unpaired) electrons. The van der Waals surface area contributed by atoms with Crippen molar-refractivity contribution in [1.29, 1.82) is 0 Å². The summed E-state index contributed by atoms with van der Waals surface area (Å²) in [7, 11) is -2.23. The fourth-order valence-electron chi connectivity index (χ4n) is 3.56. The van der Waals surface area contributed by atoms with Gasteiger partial charge in [-0.25, -0.2) is 8.42 Å². The average Bonchev–Trinajstić information content (AvgIpc) is 2.82. The number of esters is 1. The summed E-state index contributed by atoms with van der Waals surface area (Å²) in [6, 6.07) is 13.8. The summed E-state index contributed by atoms with van der Waals surface area (Å²) in [5.74, 6) is -1.02. The number of methoxy groups -OCH3 is 1. The number of piperidine rings is 1. The van der Waals surface area contributed by atoms with Crippen LogP contribution in [0.2, 0.25) is 0 Å². The fourth-order valence-corrected chi connectivity index (χ4v) is 5.08. The summed E-state index contributed by atoms with van der Waals surface area (Å²) in [6.07, 6.45) is 1.05. The minimum Gasteiger partial charge on any atom is -0.497 e. The summed E-state index contributed by atoms with van der Waals surface area (Å²) >= 11 is 0. The number of hydrogen-bond donors (Lipinski definition) is 1. The zero-order chi connectivity index (χ0) is 23.1. The Labute approximate surface area is 188 Å². The molecule has 1 aliphatic rings. The molecule has 0 aromatic heterocycles. The van der Waals surface area contributed by atoms with E-state index < -0.39 is 34.4 Å². The zero-order valence-corrected chi connectivity index (χ0v) is 19.1. The topological polar surface area (TPSA) is 102 Å². The summed E-state index contributed by atoms with van der Waals surface area (Å²) in [5.41, 5.74) is 2.05. The highest BCUT2D eigenvalue weighted by Gasteiger charge is 2.34. The van der Waals surface area contributed by atoms with E-state index in [1.54, 1.807) is 12.1 Å². The molecule has 0 spiro atoms. The van der Waals surface area contributed by atoms with Gasteiger partial charge in [-0.3, -0.25) is 9.59 Å². The number of nitrogens with zero attached hydrogens (tertiary/aromatic N) is 1. The van der Waals surface area contributed by atoms with Crippen LogP contribution in [0, 0.1) is 12.8 Å². The van der Waals surface area contributed by atoms with E-state index in [9.17, 15) is 18.0 Å². The first-order valence-corrected chi connectivity index (χ1v) is 11.9. The van der Waals surface area contributed by atoms with Crippen molar-refractivity contribution in [3.05, 3.63) is 59.7 Å². The molecule has 1 amide bonds. The maximum atomic E-state index is 12.9. The number of sulfonamides is 1. The molecule has 1 aliphatic heterocycles. The van der Waals surface area contributed by atoms with Gasteiger partial charge in [0.25, 0.3) is 5.91 Å². The number of carbonyl (C=O) groups excluding carboxylic acids is 2. The lowest BCUT2D eigenvalue weighted by atomic mass is 10.00. The van der Waals surface area contributed by atoms with Crippen molar-refractivity contribution in [2.24, 2.45) is 5.92 Å². The number of amides is 1. The van der Waals surface area contributed by atoms with Crippen molar-refractivity contribution in [2.45, 2.75) is 31.2 Å². The smallest absolute Gasteiger partial charge is 0.310 e. The molecule has 32 heavy (non-hydrogen) atoms. The van der Waals surface area contributed by atoms with Crippen molar-refractivity contribution < 1.29 is 27.5 Å². The molecule has 1 saturated heterocycles. The molecule has 0 aliphatic carbocycles. The lowest BCUT2D eigenvalue weighted by Crippen LogP contribution is -2.43. The molecule has 1 unspecified atom stereocenters. The Balaban J connectivity index is 1.52. The molecule has 2 aromatic rings. The van der Waals surface area contributed by atoms with E-state index in [0.717, 1.165) is 11.1 Å². The van der Waals surface area contributed by atoms with Gasteiger partial charge in [0.05, 0.1) is 17.9 Å². The monoisotopic (exact) mass is 460 g/mol. The predicted molar refractivity (Wildman–Crippen MR) is 118 cm³/mol. The summed E-state index contributed by atoms with van der Waals surface area (Å²) in [5, 5.41) is 2.73. The Morgan fingerprint density at radius 2 is 1.84 bits per heavy atom. The van der Waals surface area contributed by atoms with Crippen molar-refractivity contribution in [3.8, 4) is 5.75 Å². The van der Waals surface area contributed by atoms with Crippen LogP contribution in [0.4, 0.5) is 0 Å². The number of ether oxygens (including phenoxy) is 2. The quantitative estimate of drug-likeness (QED) is 0.607. The van der Waals surface area contributed by atoms with Gasteiger partial charge in [-0.15, -0.1) is 0 Å². The number of aryl methyl sites for hydroxylation is 1. The Hall–Kier alpha value is -2.91. The molecule has 172 valence electrons. The zero-order valence-electron chi connectivity index (χ0n) is 18.2. The van der Waals surface area contributed by atoms with Gasteiger partial charge in [0, 0.05) is 19.6 Å². The molecule has 3 rings (SSSR count). The van der Waals surface area contributed by atoms with Crippen LogP contribution in [0.15, 0.2) is 53.4 Å². The third-order valence-corrected chi connectivity index (χ3v) is 7.38. The first kappa shape index (κ1) is 23.7. The van der Waals surface area contributed by atoms with Crippen LogP contribution in [0.25, 0.3) is 0 Å². The van der Waals surface area contributed by atoms with Crippen LogP contribution in [0.1, 0.15) is 24.0 Å². The molecule has 1 fully saturated rings. The number of carbonyl (C=O) groups is 2. The maximum absolute atomic E-state index is 12.9. The Morgan fingerprint density at radius 1 is 1.12 bits per heavy atom. The number of rotatable bonds is 8. The minimum atomic E-state index is -3.74. The second kappa shape index (κ2) is 10.6. The number of benzene rings is 2. The van der Waals surface area contributed by atoms with Crippen molar-refractivity contribution in [1.82, 2.24) is 9.62 Å². The predicted octanol–water partition coefficient (Wildman–Crippen LogP) is 2.26. The van der Waals surface area contributed by atoms with E-state index >= 15 is 0 Å². The highest BCUT2D eigenvalue weighted by molar-refractivity contribution is 7.89. The lowest BCUT2D eigenvalue weighted by Gasteiger charge is -2.30. The van der Waals surface area contributed by atoms with Gasteiger partial charge in [-0.2, -0.15) is 4.31 Å². The largest absolute Gasteiger partial charge is 0.497 e. The molecule has 1 atom stereocenters. The van der Waals surface area contributed by atoms with Crippen LogP contribution in [-0.4, -0.2) is 51.4 Å². The SMILES string of the molecule is COc1ccc(S(=O)(=O)N2CCCC(C(=O)OCC(=O)NCc3ccccc3C)C2)cc1. The van der Waals surface area contributed by atoms with Crippen molar-refractivity contribution in [3.63, 3.8) is 0 Å². The second-order valence-electron chi connectivity index (χ2n) is 7.69. The molecule has 0 saturated carbocycles. The van der Waals surface area contributed by atoms with Gasteiger partial charge in [-0.1, -0.05) is 24.3 Å². The summed E-state index contributed by atoms with van der Waals surface area (Å²) < 4.78 is 37.4. The lowest BCUT2D eigenvalue weighted by molar-refractivity contribution is -0.153. The van der Waals surface area contributed by atoms with E-state index in [0.29, 0.717) is 31.7 Å². The molecule has 9 heteroatoms. The highest BCUT2D eigenvalue weighted by Crippen LogP contribution is 2.25. The van der Waals surface area contributed by atoms with Gasteiger partial charge in [-0.05, 0) is 55.2 Å². The standard InChI is InChI=1S/C23H28N2O6S/c1-17-6-3-4-7-18(17)14-24-22(26)16-31-23(27)19-8-5-13-25(15-19)32(28,29)21-11-9-20(30-2)10-12-21/h3-4,6-7,9-12,19H,5,8,13-16H2,1-2H3,(H,24,26). The van der Waals surface area contributed by atoms with Crippen LogP contribution in [-0.2, 0) is 30.9 Å². The summed E-state index contributed by atoms with van der Waals surface area (Å²) in [4.78, 5) is 24.7. The van der Waals surface area contributed by atoms with Crippen LogP contribution >= 0.6 is 0 Å². The third kappa shape index (κ3) is 5.86. The van der Waals surface area contributed by atoms with Crippen LogP contribution in [0.5, 0.6) is 5.75 Å². The normalized spacial score (nSPS) is 16.9. The molecule has 0 bridgehead atoms. The molecular formula is C23H28N2O6S. The Kier molecular flexibility index (Phi) is 7.87. The maximum Gasteiger partial charge on any atom is 0.310 e. The van der Waals surface area contributed by atoms with E-state index in [4.69, 9.17) is 9.47 Å². The van der Waals surface area contributed by atoms with E-state index in [1.165, 1.54) is 23.5 Å². The van der Waals surface area contributed by atoms with Crippen LogP contribution < -0.4 is 10.1 Å². The molecule has 2 aromatic carbocycles. The summed E-state index contributed by atoms with van der Waals surface area (Å²) in [6.45, 7) is 2.26. The van der Waals surface area contributed by atoms with Gasteiger partial charge >= 0.3 is 5.97 Å². The molecular weight excluding hydrogens is 432 g/mol. The van der Waals surface area contributed by atoms with Gasteiger partial charge in [0.15, 0.2) is 6.61 Å². The highest BCUT2D eigenvalue weighted by atomic mass is 32.2. The Morgan fingerprint density at radius 3 is 2.53 bits per heavy atom. The fraction of sp³-hybridized carbons (Fsp3) is 0.391. The molecule has 8 nitrogen and oxygen atoms in total. The van der Waals surface area contributed by atoms with Gasteiger partial charge in [0.2, 0.25) is 10.0 Å². The van der Waals surface area contributed by atoms with E-state index in [1.807, 2.05) is 31.2 Å². The van der Waals surface area contributed by atoms with Crippen molar-refractivity contribution >= 4 is 21.9 Å². The first-order valence-electron chi connectivity index (χ1n) is 10.4. The van der Waals surface area contributed by atoms with E-state index in [2.05, 4.69) is 5.32 Å². The Bertz CT molecular complexity index is 1050. The third-order valence-electron chi connectivity index (χ3n) is 5.50. The number of hydrogen-bond acceptors (Lipinski definition) is 6. The minimum absolute atomic E-state index is 0.0258. The van der Waals surface area contributed by atoms with Gasteiger partial charge < -0.3 is 14.8 Å². The molecule has 1 heterocycles. The average molecular weight is 461 g/mol. The first-order chi connectivity index (χ1) is 15.3. The number of nitrogens with one attached hydrogen (secondary N) is 1. The van der Waals surface area contributed by atoms with Crippen LogP contribution in [0.3, 0.4) is 0 Å².